The average Bonchev–Trinajstić information content (AvgIpc) is 2.87. The number of pyridine rings is 2. The first-order valence-corrected chi connectivity index (χ1v) is 11.0. The molecule has 0 aliphatic carbocycles. The molecule has 0 unspecified atom stereocenters. The predicted molar refractivity (Wildman–Crippen MR) is 123 cm³/mol. The molecule has 2 aliphatic rings. The van der Waals surface area contributed by atoms with Gasteiger partial charge in [0.05, 0.1) is 11.7 Å². The Bertz CT molecular complexity index is 1320. The Balaban J connectivity index is 1.83. The van der Waals surface area contributed by atoms with E-state index in [1.807, 2.05) is 19.1 Å². The molecule has 0 saturated carbocycles. The molecule has 1 aromatic carbocycles. The van der Waals surface area contributed by atoms with Crippen molar-refractivity contribution < 1.29 is 19.0 Å². The normalized spacial score (nSPS) is 20.6. The minimum absolute atomic E-state index is 0.0769. The summed E-state index contributed by atoms with van der Waals surface area (Å²) in [6.45, 7) is 2.15. The van der Waals surface area contributed by atoms with Crippen LogP contribution in [0.15, 0.2) is 71.8 Å². The number of carbonyl (C=O) groups excluding carboxylic acids is 1. The van der Waals surface area contributed by atoms with Gasteiger partial charge in [-0.15, -0.1) is 0 Å². The lowest BCUT2D eigenvalue weighted by molar-refractivity contribution is 0.0625. The van der Waals surface area contributed by atoms with E-state index in [0.29, 0.717) is 17.7 Å². The summed E-state index contributed by atoms with van der Waals surface area (Å²) in [5.41, 5.74) is 0.278. The van der Waals surface area contributed by atoms with Gasteiger partial charge in [-0.05, 0) is 30.7 Å². The number of nitrogens with zero attached hydrogens (tertiary/aromatic N) is 4. The highest BCUT2D eigenvalue weighted by Crippen LogP contribution is 2.38. The second kappa shape index (κ2) is 8.66. The molecule has 3 aromatic rings. The summed E-state index contributed by atoms with van der Waals surface area (Å²) in [7, 11) is 0. The van der Waals surface area contributed by atoms with Crippen molar-refractivity contribution in [1.29, 1.82) is 0 Å². The predicted octanol–water partition coefficient (Wildman–Crippen LogP) is 2.96. The lowest BCUT2D eigenvalue weighted by atomic mass is 10.0. The van der Waals surface area contributed by atoms with Crippen LogP contribution in [0.25, 0.3) is 0 Å². The van der Waals surface area contributed by atoms with Gasteiger partial charge in [0.25, 0.3) is 5.91 Å². The minimum Gasteiger partial charge on any atom is -0.502 e. The summed E-state index contributed by atoms with van der Waals surface area (Å²) in [5, 5.41) is 12.4. The summed E-state index contributed by atoms with van der Waals surface area (Å²) in [5.74, 6) is -1.55. The molecule has 0 saturated heterocycles. The molecule has 0 fully saturated rings. The molecule has 5 rings (SSSR count). The maximum absolute atomic E-state index is 15.0. The maximum atomic E-state index is 15.0. The third-order valence-corrected chi connectivity index (χ3v) is 6.15. The van der Waals surface area contributed by atoms with Crippen molar-refractivity contribution in [2.75, 3.05) is 18.3 Å². The smallest absolute Gasteiger partial charge is 0.278 e. The molecule has 0 spiro atoms. The molecule has 2 aromatic heterocycles. The van der Waals surface area contributed by atoms with Crippen molar-refractivity contribution in [3.63, 3.8) is 0 Å². The Hall–Kier alpha value is -4.14. The molecule has 174 valence electrons. The van der Waals surface area contributed by atoms with Gasteiger partial charge in [-0.1, -0.05) is 31.2 Å². The first-order chi connectivity index (χ1) is 16.5. The van der Waals surface area contributed by atoms with Gasteiger partial charge >= 0.3 is 0 Å². The van der Waals surface area contributed by atoms with Gasteiger partial charge in [-0.3, -0.25) is 24.3 Å². The Kier molecular flexibility index (Phi) is 5.53. The molecule has 8 nitrogen and oxygen atoms in total. The number of aromatic hydroxyl groups is 1. The van der Waals surface area contributed by atoms with E-state index >= 15 is 4.39 Å². The van der Waals surface area contributed by atoms with Crippen molar-refractivity contribution in [3.8, 4) is 11.5 Å². The zero-order chi connectivity index (χ0) is 23.8. The topological polar surface area (TPSA) is 87.9 Å². The van der Waals surface area contributed by atoms with E-state index in [0.717, 1.165) is 0 Å². The quantitative estimate of drug-likeness (QED) is 0.590. The number of halogens is 1. The lowest BCUT2D eigenvalue weighted by Gasteiger charge is -2.45. The van der Waals surface area contributed by atoms with Gasteiger partial charge in [0.2, 0.25) is 5.43 Å². The van der Waals surface area contributed by atoms with Crippen LogP contribution >= 0.6 is 0 Å². The fourth-order valence-corrected chi connectivity index (χ4v) is 4.52. The molecule has 34 heavy (non-hydrogen) atoms. The molecule has 9 heteroatoms. The first-order valence-electron chi connectivity index (χ1n) is 11.0. The van der Waals surface area contributed by atoms with Crippen molar-refractivity contribution >= 4 is 5.91 Å². The van der Waals surface area contributed by atoms with Crippen LogP contribution in [0.2, 0.25) is 0 Å². The molecule has 2 atom stereocenters. The van der Waals surface area contributed by atoms with Crippen molar-refractivity contribution in [2.24, 2.45) is 0 Å². The summed E-state index contributed by atoms with van der Waals surface area (Å²) in [6, 6.07) is 10.2. The highest BCUT2D eigenvalue weighted by molar-refractivity contribution is 5.96. The summed E-state index contributed by atoms with van der Waals surface area (Å²) in [4.78, 5) is 31.9. The maximum Gasteiger partial charge on any atom is 0.278 e. The van der Waals surface area contributed by atoms with Crippen LogP contribution in [-0.2, 0) is 0 Å². The second-order valence-corrected chi connectivity index (χ2v) is 8.11. The van der Waals surface area contributed by atoms with E-state index in [-0.39, 0.29) is 30.8 Å². The number of amides is 1. The number of benzene rings is 1. The number of ether oxygens (including phenoxy) is 1. The number of carbonyl (C=O) groups is 1. The molecule has 2 bridgehead atoms. The number of hydrogen-bond acceptors (Lipinski definition) is 6. The number of rotatable bonds is 2. The zero-order valence-corrected chi connectivity index (χ0v) is 18.5. The number of hydrogen-bond donors (Lipinski definition) is 1. The van der Waals surface area contributed by atoms with Gasteiger partial charge in [0, 0.05) is 24.0 Å². The van der Waals surface area contributed by atoms with Crippen LogP contribution in [0.1, 0.15) is 41.1 Å². The summed E-state index contributed by atoms with van der Waals surface area (Å²) < 4.78 is 22.3. The monoisotopic (exact) mass is 462 g/mol. The van der Waals surface area contributed by atoms with Gasteiger partial charge in [-0.2, -0.15) is 0 Å². The fraction of sp³-hybridized carbons (Fsp3) is 0.240. The van der Waals surface area contributed by atoms with E-state index in [1.165, 1.54) is 23.0 Å². The lowest BCUT2D eigenvalue weighted by Crippen LogP contribution is -2.57. The Morgan fingerprint density at radius 2 is 2.03 bits per heavy atom. The van der Waals surface area contributed by atoms with Crippen LogP contribution in [-0.4, -0.2) is 44.9 Å². The van der Waals surface area contributed by atoms with Gasteiger partial charge in [0.15, 0.2) is 23.0 Å². The van der Waals surface area contributed by atoms with Crippen LogP contribution in [0.5, 0.6) is 11.5 Å². The third kappa shape index (κ3) is 3.49. The van der Waals surface area contributed by atoms with Crippen LogP contribution in [0.3, 0.4) is 0 Å². The average molecular weight is 462 g/mol. The van der Waals surface area contributed by atoms with Crippen molar-refractivity contribution in [3.05, 3.63) is 100 Å². The van der Waals surface area contributed by atoms with Gasteiger partial charge in [-0.25, -0.2) is 4.39 Å². The summed E-state index contributed by atoms with van der Waals surface area (Å²) >= 11 is 0. The van der Waals surface area contributed by atoms with E-state index in [9.17, 15) is 14.7 Å². The number of fused-ring (bicyclic) bond motifs is 5. The second-order valence-electron chi connectivity index (χ2n) is 8.11. The Morgan fingerprint density at radius 3 is 2.79 bits per heavy atom. The third-order valence-electron chi connectivity index (χ3n) is 6.15. The first kappa shape index (κ1) is 21.7. The largest absolute Gasteiger partial charge is 0.502 e. The molecule has 0 radical (unpaired) electrons. The molecule has 1 amide bonds. The Labute approximate surface area is 195 Å². The van der Waals surface area contributed by atoms with E-state index in [4.69, 9.17) is 4.74 Å². The fourth-order valence-electron chi connectivity index (χ4n) is 4.52. The highest BCUT2D eigenvalue weighted by Gasteiger charge is 2.40. The molecule has 1 N–H and O–H groups in total. The van der Waals surface area contributed by atoms with Gasteiger partial charge in [0.1, 0.15) is 19.3 Å². The van der Waals surface area contributed by atoms with Crippen LogP contribution in [0.4, 0.5) is 4.39 Å². The van der Waals surface area contributed by atoms with Crippen molar-refractivity contribution in [2.45, 2.75) is 25.4 Å². The van der Waals surface area contributed by atoms with E-state index in [2.05, 4.69) is 4.98 Å². The number of aromatic nitrogens is 2. The SMILES string of the molecule is CC[C@@H]1/C=C/COc2c(F)cccc2[C@H](c2ccccn2)N2CN1C(=O)c1c(O)c(=O)ccn12. The van der Waals surface area contributed by atoms with E-state index in [1.54, 1.807) is 46.4 Å². The van der Waals surface area contributed by atoms with Crippen molar-refractivity contribution in [1.82, 2.24) is 14.6 Å². The summed E-state index contributed by atoms with van der Waals surface area (Å²) in [6.07, 6.45) is 7.23. The number of para-hydroxylation sites is 1. The van der Waals surface area contributed by atoms with Crippen LogP contribution in [0, 0.1) is 5.82 Å². The van der Waals surface area contributed by atoms with Crippen LogP contribution < -0.4 is 15.2 Å². The van der Waals surface area contributed by atoms with Gasteiger partial charge < -0.3 is 14.7 Å². The molecular weight excluding hydrogens is 439 g/mol. The molecular formula is C25H23FN4O4. The zero-order valence-electron chi connectivity index (χ0n) is 18.5. The molecule has 4 heterocycles. The Morgan fingerprint density at radius 1 is 1.18 bits per heavy atom. The van der Waals surface area contributed by atoms with E-state index < -0.39 is 28.9 Å². The molecule has 2 aliphatic heterocycles. The highest BCUT2D eigenvalue weighted by atomic mass is 19.1. The standard InChI is InChI=1S/C25H23FN4O4/c1-2-16-7-6-14-34-24-17(8-5-9-18(24)26)21(19-10-3-4-12-27-19)30-15-28(16)25(33)22-23(32)20(31)11-13-29(22)30/h3-13,16,21,32H,2,14-15H2,1H3/b7-6+/t16-,21-/m1/s1. The minimum atomic E-state index is -0.696.